The Kier molecular flexibility index (Phi) is 5.29. The Morgan fingerprint density at radius 2 is 2.15 bits per heavy atom. The van der Waals surface area contributed by atoms with Crippen LogP contribution in [-0.2, 0) is 6.54 Å². The average molecular weight is 417 g/mol. The van der Waals surface area contributed by atoms with E-state index in [1.165, 1.54) is 18.1 Å². The number of rotatable bonds is 7. The maximum Gasteiger partial charge on any atom is 0.177 e. The van der Waals surface area contributed by atoms with E-state index in [2.05, 4.69) is 31.1 Å². The summed E-state index contributed by atoms with van der Waals surface area (Å²) in [6.07, 6.45) is 6.46. The predicted molar refractivity (Wildman–Crippen MR) is 113 cm³/mol. The number of anilines is 1. The lowest BCUT2D eigenvalue weighted by atomic mass is 10.2. The molecule has 0 aliphatic heterocycles. The van der Waals surface area contributed by atoms with Gasteiger partial charge >= 0.3 is 0 Å². The number of allylic oxidation sites excluding steroid dienone is 1. The molecule has 3 aromatic heterocycles. The van der Waals surface area contributed by atoms with Crippen molar-refractivity contribution < 1.29 is 0 Å². The molecule has 0 fully saturated rings. The molecule has 0 bridgehead atoms. The summed E-state index contributed by atoms with van der Waals surface area (Å²) in [5, 5.41) is 1.52. The second-order valence-corrected chi connectivity index (χ2v) is 8.55. The first kappa shape index (κ1) is 18.2. The normalized spacial score (nSPS) is 11.4. The van der Waals surface area contributed by atoms with Gasteiger partial charge in [-0.25, -0.2) is 19.9 Å². The number of hydrogen-bond donors (Lipinski definition) is 1. The van der Waals surface area contributed by atoms with Gasteiger partial charge in [-0.05, 0) is 43.2 Å². The third kappa shape index (κ3) is 3.65. The number of hydrogen-bond acceptors (Lipinski definition) is 7. The van der Waals surface area contributed by atoms with Crippen molar-refractivity contribution in [3.05, 3.63) is 42.2 Å². The molecular weight excluding hydrogens is 400 g/mol. The third-order valence-electron chi connectivity index (χ3n) is 4.09. The lowest BCUT2D eigenvalue weighted by Gasteiger charge is -2.06. The van der Waals surface area contributed by atoms with E-state index in [9.17, 15) is 0 Å². The van der Waals surface area contributed by atoms with E-state index in [4.69, 9.17) is 17.3 Å². The quantitative estimate of drug-likeness (QED) is 0.330. The number of thiazole rings is 1. The number of fused-ring (bicyclic) bond motifs is 2. The molecular formula is C18H17ClN6S2. The molecule has 0 radical (unpaired) electrons. The largest absolute Gasteiger partial charge is 0.382 e. The van der Waals surface area contributed by atoms with Crippen molar-refractivity contribution in [2.75, 3.05) is 5.73 Å². The van der Waals surface area contributed by atoms with Crippen LogP contribution in [0.3, 0.4) is 0 Å². The summed E-state index contributed by atoms with van der Waals surface area (Å²) in [5.74, 6) is 0.388. The molecule has 6 nitrogen and oxygen atoms in total. The summed E-state index contributed by atoms with van der Waals surface area (Å²) in [4.78, 5) is 17.8. The van der Waals surface area contributed by atoms with Crippen LogP contribution in [0.5, 0.6) is 0 Å². The number of nitrogens with two attached hydrogens (primary N) is 1. The van der Waals surface area contributed by atoms with Crippen LogP contribution in [0.15, 0.2) is 46.7 Å². The van der Waals surface area contributed by atoms with Crippen LogP contribution >= 0.6 is 34.7 Å². The van der Waals surface area contributed by atoms with E-state index < -0.39 is 0 Å². The first-order chi connectivity index (χ1) is 13.2. The van der Waals surface area contributed by atoms with Gasteiger partial charge in [-0.2, -0.15) is 0 Å². The van der Waals surface area contributed by atoms with Crippen LogP contribution in [-0.4, -0.2) is 24.5 Å². The molecule has 2 N–H and O–H groups in total. The van der Waals surface area contributed by atoms with E-state index in [0.29, 0.717) is 16.4 Å². The van der Waals surface area contributed by atoms with Crippen LogP contribution in [0, 0.1) is 0 Å². The van der Waals surface area contributed by atoms with Crippen molar-refractivity contribution in [3.63, 3.8) is 0 Å². The Bertz CT molecular complexity index is 1120. The number of nitrogens with zero attached hydrogens (tertiary/aromatic N) is 5. The van der Waals surface area contributed by atoms with E-state index in [0.717, 1.165) is 51.2 Å². The Morgan fingerprint density at radius 1 is 1.26 bits per heavy atom. The maximum atomic E-state index is 6.29. The van der Waals surface area contributed by atoms with Crippen molar-refractivity contribution in [2.24, 2.45) is 0 Å². The van der Waals surface area contributed by atoms with E-state index in [1.54, 1.807) is 11.3 Å². The summed E-state index contributed by atoms with van der Waals surface area (Å²) in [5.41, 5.74) is 8.28. The number of imidazole rings is 1. The number of aromatic nitrogens is 5. The lowest BCUT2D eigenvalue weighted by Crippen LogP contribution is -2.02. The molecule has 0 spiro atoms. The Morgan fingerprint density at radius 3 is 2.96 bits per heavy atom. The Labute approximate surface area is 169 Å². The molecule has 1 aromatic carbocycles. The Hall–Kier alpha value is -2.16. The molecule has 9 heteroatoms. The zero-order chi connectivity index (χ0) is 18.8. The van der Waals surface area contributed by atoms with Crippen LogP contribution in [0.1, 0.15) is 19.3 Å². The van der Waals surface area contributed by atoms with Crippen LogP contribution in [0.2, 0.25) is 5.02 Å². The summed E-state index contributed by atoms with van der Waals surface area (Å²) in [6, 6.07) is 5.75. The fraction of sp³-hybridized carbons (Fsp3) is 0.222. The van der Waals surface area contributed by atoms with Crippen LogP contribution in [0.4, 0.5) is 5.82 Å². The zero-order valence-electron chi connectivity index (χ0n) is 14.4. The van der Waals surface area contributed by atoms with Gasteiger partial charge in [0.2, 0.25) is 0 Å². The van der Waals surface area contributed by atoms with E-state index in [-0.39, 0.29) is 0 Å². The fourth-order valence-corrected chi connectivity index (χ4v) is 5.14. The topological polar surface area (TPSA) is 82.5 Å². The van der Waals surface area contributed by atoms with Crippen LogP contribution in [0.25, 0.3) is 21.4 Å². The molecule has 0 amide bonds. The molecule has 138 valence electrons. The monoisotopic (exact) mass is 416 g/mol. The van der Waals surface area contributed by atoms with Gasteiger partial charge in [0.05, 0.1) is 15.2 Å². The summed E-state index contributed by atoms with van der Waals surface area (Å²) >= 11 is 9.35. The molecule has 0 atom stereocenters. The van der Waals surface area contributed by atoms with Gasteiger partial charge in [0.15, 0.2) is 26.5 Å². The molecule has 0 unspecified atom stereocenters. The number of aryl methyl sites for hydroxylation is 1. The van der Waals surface area contributed by atoms with Crippen molar-refractivity contribution in [2.45, 2.75) is 35.3 Å². The smallest absolute Gasteiger partial charge is 0.177 e. The molecule has 0 aliphatic rings. The molecule has 0 saturated carbocycles. The SMILES string of the molecule is C=CCCCCn1c(Sc2nc3cccc(Cl)c3s2)nc2c(N)ncnc21. The molecule has 4 aromatic rings. The molecule has 4 rings (SSSR count). The van der Waals surface area contributed by atoms with Gasteiger partial charge in [-0.1, -0.05) is 23.7 Å². The highest BCUT2D eigenvalue weighted by Crippen LogP contribution is 2.38. The number of halogens is 1. The number of benzene rings is 1. The summed E-state index contributed by atoms with van der Waals surface area (Å²) in [7, 11) is 0. The van der Waals surface area contributed by atoms with Crippen molar-refractivity contribution in [1.82, 2.24) is 24.5 Å². The maximum absolute atomic E-state index is 6.29. The van der Waals surface area contributed by atoms with Gasteiger partial charge in [0.1, 0.15) is 6.33 Å². The first-order valence-corrected chi connectivity index (χ1v) is 10.5. The first-order valence-electron chi connectivity index (χ1n) is 8.48. The highest BCUT2D eigenvalue weighted by molar-refractivity contribution is 8.01. The predicted octanol–water partition coefficient (Wildman–Crippen LogP) is 5.18. The minimum absolute atomic E-state index is 0.388. The number of unbranched alkanes of at least 4 members (excludes halogenated alkanes) is 2. The van der Waals surface area contributed by atoms with Crippen molar-refractivity contribution in [3.8, 4) is 0 Å². The minimum atomic E-state index is 0.388. The van der Waals surface area contributed by atoms with Gasteiger partial charge in [-0.3, -0.25) is 0 Å². The molecule has 0 aliphatic carbocycles. The standard InChI is InChI=1S/C18H17ClN6S2/c1-2-3-4-5-9-25-16-13(15(20)21-10-22-16)24-17(25)27-18-23-12-8-6-7-11(19)14(12)26-18/h2,6-8,10H,1,3-5,9H2,(H2,20,21,22). The molecule has 3 heterocycles. The van der Waals surface area contributed by atoms with Gasteiger partial charge in [0, 0.05) is 6.54 Å². The van der Waals surface area contributed by atoms with E-state index in [1.807, 2.05) is 24.3 Å². The molecule has 27 heavy (non-hydrogen) atoms. The Balaban J connectivity index is 1.71. The van der Waals surface area contributed by atoms with E-state index >= 15 is 0 Å². The highest BCUT2D eigenvalue weighted by Gasteiger charge is 2.17. The van der Waals surface area contributed by atoms with Crippen LogP contribution < -0.4 is 5.73 Å². The van der Waals surface area contributed by atoms with Crippen molar-refractivity contribution >= 4 is 61.9 Å². The fourth-order valence-electron chi connectivity index (χ4n) is 2.79. The summed E-state index contributed by atoms with van der Waals surface area (Å²) in [6.45, 7) is 4.58. The van der Waals surface area contributed by atoms with Gasteiger partial charge in [-0.15, -0.1) is 17.9 Å². The minimum Gasteiger partial charge on any atom is -0.382 e. The lowest BCUT2D eigenvalue weighted by molar-refractivity contribution is 0.584. The zero-order valence-corrected chi connectivity index (χ0v) is 16.8. The summed E-state index contributed by atoms with van der Waals surface area (Å²) < 4.78 is 3.95. The third-order valence-corrected chi connectivity index (χ3v) is 6.68. The average Bonchev–Trinajstić information content (AvgIpc) is 3.22. The molecule has 0 saturated heterocycles. The number of nitrogen functional groups attached to an aromatic ring is 1. The second kappa shape index (κ2) is 7.84. The van der Waals surface area contributed by atoms with Gasteiger partial charge < -0.3 is 10.3 Å². The highest BCUT2D eigenvalue weighted by atomic mass is 35.5. The second-order valence-electron chi connectivity index (χ2n) is 5.93. The van der Waals surface area contributed by atoms with Gasteiger partial charge in [0.25, 0.3) is 0 Å². The van der Waals surface area contributed by atoms with Crippen molar-refractivity contribution in [1.29, 1.82) is 0 Å².